The number of nitrogens with one attached hydrogen (secondary N) is 2. The molecule has 0 saturated heterocycles. The highest BCUT2D eigenvalue weighted by Crippen LogP contribution is 2.38. The van der Waals surface area contributed by atoms with Crippen molar-refractivity contribution in [1.82, 2.24) is 20.5 Å². The molecular formula is C14H18N4. The zero-order valence-electron chi connectivity index (χ0n) is 10.6. The molecule has 1 fully saturated rings. The Morgan fingerprint density at radius 2 is 2.17 bits per heavy atom. The molecule has 0 unspecified atom stereocenters. The van der Waals surface area contributed by atoms with Gasteiger partial charge in [0.15, 0.2) is 5.82 Å². The van der Waals surface area contributed by atoms with Crippen LogP contribution >= 0.6 is 0 Å². The summed E-state index contributed by atoms with van der Waals surface area (Å²) in [5.74, 6) is 2.51. The lowest BCUT2D eigenvalue weighted by atomic mass is 10.0. The molecular weight excluding hydrogens is 224 g/mol. The number of benzene rings is 1. The third-order valence-electron chi connectivity index (χ3n) is 3.37. The SMILES string of the molecule is CNCCc1ccccc1-c1n[nH]c(C2CC2)n1. The lowest BCUT2D eigenvalue weighted by molar-refractivity contribution is 0.792. The van der Waals surface area contributed by atoms with E-state index in [1.54, 1.807) is 0 Å². The Hall–Kier alpha value is -1.68. The Balaban J connectivity index is 1.88. The highest BCUT2D eigenvalue weighted by molar-refractivity contribution is 5.60. The summed E-state index contributed by atoms with van der Waals surface area (Å²) in [6.07, 6.45) is 3.49. The van der Waals surface area contributed by atoms with Crippen LogP contribution in [0.1, 0.15) is 30.1 Å². The summed E-state index contributed by atoms with van der Waals surface area (Å²) in [7, 11) is 1.97. The second-order valence-electron chi connectivity index (χ2n) is 4.83. The van der Waals surface area contributed by atoms with Crippen LogP contribution in [-0.4, -0.2) is 28.8 Å². The summed E-state index contributed by atoms with van der Waals surface area (Å²) in [6.45, 7) is 0.969. The number of aromatic amines is 1. The van der Waals surface area contributed by atoms with Crippen molar-refractivity contribution in [3.05, 3.63) is 35.7 Å². The van der Waals surface area contributed by atoms with Gasteiger partial charge in [0.2, 0.25) is 0 Å². The van der Waals surface area contributed by atoms with Crippen LogP contribution in [0.15, 0.2) is 24.3 Å². The Morgan fingerprint density at radius 1 is 1.33 bits per heavy atom. The molecule has 1 aromatic carbocycles. The second-order valence-corrected chi connectivity index (χ2v) is 4.83. The smallest absolute Gasteiger partial charge is 0.181 e. The van der Waals surface area contributed by atoms with Gasteiger partial charge < -0.3 is 5.32 Å². The quantitative estimate of drug-likeness (QED) is 0.844. The molecule has 0 atom stereocenters. The fourth-order valence-electron chi connectivity index (χ4n) is 2.15. The third-order valence-corrected chi connectivity index (χ3v) is 3.37. The monoisotopic (exact) mass is 242 g/mol. The van der Waals surface area contributed by atoms with E-state index in [4.69, 9.17) is 0 Å². The fourth-order valence-corrected chi connectivity index (χ4v) is 2.15. The molecule has 0 aliphatic heterocycles. The molecule has 1 aromatic heterocycles. The highest BCUT2D eigenvalue weighted by atomic mass is 15.2. The number of H-pyrrole nitrogens is 1. The summed E-state index contributed by atoms with van der Waals surface area (Å²) in [5, 5.41) is 10.6. The largest absolute Gasteiger partial charge is 0.319 e. The van der Waals surface area contributed by atoms with Crippen molar-refractivity contribution in [1.29, 1.82) is 0 Å². The Morgan fingerprint density at radius 3 is 2.94 bits per heavy atom. The number of hydrogen-bond acceptors (Lipinski definition) is 3. The first kappa shape index (κ1) is 11.4. The van der Waals surface area contributed by atoms with Gasteiger partial charge in [0.1, 0.15) is 5.82 Å². The molecule has 0 bridgehead atoms. The van der Waals surface area contributed by atoms with Crippen LogP contribution in [0.3, 0.4) is 0 Å². The minimum atomic E-state index is 0.621. The number of aromatic nitrogens is 3. The third kappa shape index (κ3) is 2.29. The molecule has 4 nitrogen and oxygen atoms in total. The van der Waals surface area contributed by atoms with E-state index < -0.39 is 0 Å². The molecule has 0 radical (unpaired) electrons. The topological polar surface area (TPSA) is 53.6 Å². The zero-order valence-corrected chi connectivity index (χ0v) is 10.6. The second kappa shape index (κ2) is 4.90. The molecule has 2 N–H and O–H groups in total. The zero-order chi connectivity index (χ0) is 12.4. The van der Waals surface area contributed by atoms with Crippen LogP contribution in [-0.2, 0) is 6.42 Å². The van der Waals surface area contributed by atoms with Crippen LogP contribution in [0, 0.1) is 0 Å². The van der Waals surface area contributed by atoms with E-state index in [9.17, 15) is 0 Å². The van der Waals surface area contributed by atoms with Gasteiger partial charge in [0.25, 0.3) is 0 Å². The van der Waals surface area contributed by atoms with Crippen LogP contribution in [0.4, 0.5) is 0 Å². The number of nitrogens with zero attached hydrogens (tertiary/aromatic N) is 2. The Bertz CT molecular complexity index is 528. The molecule has 3 rings (SSSR count). The predicted octanol–water partition coefficient (Wildman–Crippen LogP) is 2.11. The summed E-state index contributed by atoms with van der Waals surface area (Å²) in [6, 6.07) is 8.37. The molecule has 18 heavy (non-hydrogen) atoms. The molecule has 1 aliphatic rings. The van der Waals surface area contributed by atoms with E-state index in [-0.39, 0.29) is 0 Å². The minimum absolute atomic E-state index is 0.621. The summed E-state index contributed by atoms with van der Waals surface area (Å²) >= 11 is 0. The molecule has 94 valence electrons. The van der Waals surface area contributed by atoms with Crippen molar-refractivity contribution in [2.75, 3.05) is 13.6 Å². The molecule has 0 spiro atoms. The molecule has 0 amide bonds. The first-order chi connectivity index (χ1) is 8.88. The van der Waals surface area contributed by atoms with E-state index in [1.165, 1.54) is 18.4 Å². The van der Waals surface area contributed by atoms with E-state index in [0.717, 1.165) is 30.2 Å². The number of likely N-dealkylation sites (N-methyl/N-ethyl adjacent to an activating group) is 1. The molecule has 1 heterocycles. The molecule has 2 aromatic rings. The van der Waals surface area contributed by atoms with Crippen LogP contribution < -0.4 is 5.32 Å². The fraction of sp³-hybridized carbons (Fsp3) is 0.429. The van der Waals surface area contributed by atoms with Gasteiger partial charge in [-0.2, -0.15) is 5.10 Å². The van der Waals surface area contributed by atoms with Crippen molar-refractivity contribution in [2.24, 2.45) is 0 Å². The van der Waals surface area contributed by atoms with E-state index in [2.05, 4.69) is 38.7 Å². The predicted molar refractivity (Wildman–Crippen MR) is 71.4 cm³/mol. The van der Waals surface area contributed by atoms with E-state index >= 15 is 0 Å². The van der Waals surface area contributed by atoms with Gasteiger partial charge in [0.05, 0.1) is 0 Å². The average molecular weight is 242 g/mol. The van der Waals surface area contributed by atoms with Crippen LogP contribution in [0.2, 0.25) is 0 Å². The van der Waals surface area contributed by atoms with Gasteiger partial charge >= 0.3 is 0 Å². The van der Waals surface area contributed by atoms with E-state index in [0.29, 0.717) is 5.92 Å². The highest BCUT2D eigenvalue weighted by Gasteiger charge is 2.27. The van der Waals surface area contributed by atoms with Crippen LogP contribution in [0.5, 0.6) is 0 Å². The number of hydrogen-bond donors (Lipinski definition) is 2. The van der Waals surface area contributed by atoms with Crippen molar-refractivity contribution in [3.8, 4) is 11.4 Å². The van der Waals surface area contributed by atoms with Crippen LogP contribution in [0.25, 0.3) is 11.4 Å². The normalized spacial score (nSPS) is 14.9. The Kier molecular flexibility index (Phi) is 3.11. The van der Waals surface area contributed by atoms with Gasteiger partial charge in [-0.3, -0.25) is 5.10 Å². The maximum absolute atomic E-state index is 4.62. The van der Waals surface area contributed by atoms with Crippen molar-refractivity contribution >= 4 is 0 Å². The summed E-state index contributed by atoms with van der Waals surface area (Å²) in [5.41, 5.74) is 2.45. The summed E-state index contributed by atoms with van der Waals surface area (Å²) in [4.78, 5) is 4.62. The Labute approximate surface area is 107 Å². The van der Waals surface area contributed by atoms with Crippen molar-refractivity contribution in [2.45, 2.75) is 25.2 Å². The van der Waals surface area contributed by atoms with Gasteiger partial charge in [-0.1, -0.05) is 24.3 Å². The van der Waals surface area contributed by atoms with Gasteiger partial charge in [-0.05, 0) is 38.4 Å². The number of rotatable bonds is 5. The van der Waals surface area contributed by atoms with Gasteiger partial charge in [0, 0.05) is 11.5 Å². The molecule has 4 heteroatoms. The molecule has 1 aliphatic carbocycles. The first-order valence-electron chi connectivity index (χ1n) is 6.53. The van der Waals surface area contributed by atoms with Crippen molar-refractivity contribution < 1.29 is 0 Å². The average Bonchev–Trinajstić information content (AvgIpc) is 3.15. The standard InChI is InChI=1S/C14H18N4/c1-15-9-8-10-4-2-3-5-12(10)14-16-13(17-18-14)11-6-7-11/h2-5,11,15H,6-9H2,1H3,(H,16,17,18). The first-order valence-corrected chi connectivity index (χ1v) is 6.53. The summed E-state index contributed by atoms with van der Waals surface area (Å²) < 4.78 is 0. The maximum Gasteiger partial charge on any atom is 0.181 e. The lowest BCUT2D eigenvalue weighted by Crippen LogP contribution is -2.10. The minimum Gasteiger partial charge on any atom is -0.319 e. The molecule has 1 saturated carbocycles. The lowest BCUT2D eigenvalue weighted by Gasteiger charge is -2.05. The van der Waals surface area contributed by atoms with Gasteiger partial charge in [-0.15, -0.1) is 0 Å². The van der Waals surface area contributed by atoms with Crippen molar-refractivity contribution in [3.63, 3.8) is 0 Å². The maximum atomic E-state index is 4.62. The van der Waals surface area contributed by atoms with E-state index in [1.807, 2.05) is 13.1 Å². The van der Waals surface area contributed by atoms with Gasteiger partial charge in [-0.25, -0.2) is 4.98 Å².